The molecule has 3 rings (SSSR count). The maximum atomic E-state index is 3.50. The average Bonchev–Trinajstić information content (AvgIpc) is 2.85. The Kier molecular flexibility index (Phi) is 3.85. The third-order valence-electron chi connectivity index (χ3n) is 3.79. The Bertz CT molecular complexity index is 328. The lowest BCUT2D eigenvalue weighted by Crippen LogP contribution is -2.33. The van der Waals surface area contributed by atoms with Crippen molar-refractivity contribution in [2.75, 3.05) is 19.6 Å². The van der Waals surface area contributed by atoms with E-state index in [9.17, 15) is 0 Å². The standard InChI is InChI=1S/C13H18N2.ClH/c1-2-4-11(5-3-1)10-15-7-6-12-8-14-9-13(12)15;/h1-5,12-14H,6-10H2;1H/t12-,13+;/m0./s1. The molecular formula is C13H19ClN2. The van der Waals surface area contributed by atoms with Crippen molar-refractivity contribution >= 4 is 12.4 Å². The van der Waals surface area contributed by atoms with Gasteiger partial charge in [0.05, 0.1) is 0 Å². The van der Waals surface area contributed by atoms with E-state index >= 15 is 0 Å². The molecule has 0 aromatic heterocycles. The fraction of sp³-hybridized carbons (Fsp3) is 0.538. The van der Waals surface area contributed by atoms with Crippen LogP contribution in [0.15, 0.2) is 30.3 Å². The first-order valence-corrected chi connectivity index (χ1v) is 5.92. The summed E-state index contributed by atoms with van der Waals surface area (Å²) in [6, 6.07) is 11.6. The fourth-order valence-corrected chi connectivity index (χ4v) is 2.95. The molecule has 2 atom stereocenters. The van der Waals surface area contributed by atoms with Crippen molar-refractivity contribution in [3.8, 4) is 0 Å². The summed E-state index contributed by atoms with van der Waals surface area (Å²) in [5.74, 6) is 0.911. The zero-order valence-electron chi connectivity index (χ0n) is 9.43. The summed E-state index contributed by atoms with van der Waals surface area (Å²) in [7, 11) is 0. The van der Waals surface area contributed by atoms with Gasteiger partial charge in [-0.25, -0.2) is 0 Å². The topological polar surface area (TPSA) is 15.3 Å². The molecule has 2 nitrogen and oxygen atoms in total. The van der Waals surface area contributed by atoms with E-state index in [-0.39, 0.29) is 12.4 Å². The van der Waals surface area contributed by atoms with Crippen LogP contribution in [0.5, 0.6) is 0 Å². The van der Waals surface area contributed by atoms with E-state index in [0.29, 0.717) is 0 Å². The van der Waals surface area contributed by atoms with Crippen LogP contribution in [-0.4, -0.2) is 30.6 Å². The van der Waals surface area contributed by atoms with Crippen LogP contribution in [0.25, 0.3) is 0 Å². The number of hydrogen-bond acceptors (Lipinski definition) is 2. The Morgan fingerprint density at radius 2 is 2.00 bits per heavy atom. The molecule has 3 heteroatoms. The molecule has 0 aliphatic carbocycles. The maximum Gasteiger partial charge on any atom is 0.0264 e. The molecule has 2 aliphatic heterocycles. The molecule has 1 N–H and O–H groups in total. The smallest absolute Gasteiger partial charge is 0.0264 e. The molecule has 88 valence electrons. The van der Waals surface area contributed by atoms with Crippen LogP contribution in [0.1, 0.15) is 12.0 Å². The number of likely N-dealkylation sites (tertiary alicyclic amines) is 1. The lowest BCUT2D eigenvalue weighted by atomic mass is 10.1. The largest absolute Gasteiger partial charge is 0.315 e. The molecule has 0 unspecified atom stereocenters. The molecule has 2 aliphatic rings. The molecule has 0 bridgehead atoms. The zero-order valence-corrected chi connectivity index (χ0v) is 10.2. The highest BCUT2D eigenvalue weighted by Gasteiger charge is 2.36. The van der Waals surface area contributed by atoms with Gasteiger partial charge in [0.2, 0.25) is 0 Å². The normalized spacial score (nSPS) is 28.8. The van der Waals surface area contributed by atoms with E-state index in [1.165, 1.54) is 31.6 Å². The van der Waals surface area contributed by atoms with Gasteiger partial charge in [0, 0.05) is 19.1 Å². The van der Waals surface area contributed by atoms with Gasteiger partial charge in [0.25, 0.3) is 0 Å². The van der Waals surface area contributed by atoms with Gasteiger partial charge in [-0.05, 0) is 31.0 Å². The van der Waals surface area contributed by atoms with Crippen molar-refractivity contribution < 1.29 is 0 Å². The highest BCUT2D eigenvalue weighted by atomic mass is 35.5. The minimum absolute atomic E-state index is 0. The summed E-state index contributed by atoms with van der Waals surface area (Å²) in [5.41, 5.74) is 1.45. The summed E-state index contributed by atoms with van der Waals surface area (Å²) in [4.78, 5) is 2.64. The predicted octanol–water partition coefficient (Wildman–Crippen LogP) is 1.90. The first-order valence-electron chi connectivity index (χ1n) is 5.92. The maximum absolute atomic E-state index is 3.50. The minimum Gasteiger partial charge on any atom is -0.315 e. The van der Waals surface area contributed by atoms with Crippen molar-refractivity contribution in [3.05, 3.63) is 35.9 Å². The van der Waals surface area contributed by atoms with Crippen LogP contribution >= 0.6 is 12.4 Å². The summed E-state index contributed by atoms with van der Waals surface area (Å²) < 4.78 is 0. The van der Waals surface area contributed by atoms with Crippen molar-refractivity contribution in [1.82, 2.24) is 10.2 Å². The van der Waals surface area contributed by atoms with E-state index in [1.807, 2.05) is 0 Å². The Morgan fingerprint density at radius 3 is 2.81 bits per heavy atom. The third-order valence-corrected chi connectivity index (χ3v) is 3.79. The van der Waals surface area contributed by atoms with Gasteiger partial charge in [0.1, 0.15) is 0 Å². The van der Waals surface area contributed by atoms with Crippen LogP contribution < -0.4 is 5.32 Å². The zero-order chi connectivity index (χ0) is 10.1. The summed E-state index contributed by atoms with van der Waals surface area (Å²) in [5, 5.41) is 3.50. The summed E-state index contributed by atoms with van der Waals surface area (Å²) in [6.07, 6.45) is 1.38. The number of nitrogens with one attached hydrogen (secondary N) is 1. The molecule has 1 aromatic carbocycles. The first-order chi connectivity index (χ1) is 7.43. The second-order valence-corrected chi connectivity index (χ2v) is 4.73. The molecule has 0 radical (unpaired) electrons. The number of fused-ring (bicyclic) bond motifs is 1. The number of nitrogens with zero attached hydrogens (tertiary/aromatic N) is 1. The van der Waals surface area contributed by atoms with Crippen LogP contribution in [0.3, 0.4) is 0 Å². The molecule has 0 spiro atoms. The lowest BCUT2D eigenvalue weighted by molar-refractivity contribution is 0.244. The monoisotopic (exact) mass is 238 g/mol. The highest BCUT2D eigenvalue weighted by molar-refractivity contribution is 5.85. The van der Waals surface area contributed by atoms with Gasteiger partial charge in [-0.15, -0.1) is 12.4 Å². The van der Waals surface area contributed by atoms with E-state index in [1.54, 1.807) is 0 Å². The SMILES string of the molecule is Cl.c1ccc(CN2CC[C@H]3CNC[C@H]32)cc1. The van der Waals surface area contributed by atoms with Gasteiger partial charge in [0.15, 0.2) is 0 Å². The Morgan fingerprint density at radius 1 is 1.19 bits per heavy atom. The van der Waals surface area contributed by atoms with Crippen molar-refractivity contribution in [1.29, 1.82) is 0 Å². The number of benzene rings is 1. The van der Waals surface area contributed by atoms with Gasteiger partial charge in [-0.1, -0.05) is 30.3 Å². The van der Waals surface area contributed by atoms with Crippen LogP contribution in [-0.2, 0) is 6.54 Å². The average molecular weight is 239 g/mol. The van der Waals surface area contributed by atoms with E-state index in [4.69, 9.17) is 0 Å². The summed E-state index contributed by atoms with van der Waals surface area (Å²) >= 11 is 0. The molecule has 1 aromatic rings. The van der Waals surface area contributed by atoms with Crippen molar-refractivity contribution in [2.45, 2.75) is 19.0 Å². The Labute approximate surface area is 103 Å². The van der Waals surface area contributed by atoms with Gasteiger partial charge >= 0.3 is 0 Å². The van der Waals surface area contributed by atoms with Gasteiger partial charge in [-0.2, -0.15) is 0 Å². The van der Waals surface area contributed by atoms with Crippen molar-refractivity contribution in [2.24, 2.45) is 5.92 Å². The third kappa shape index (κ3) is 2.24. The number of halogens is 1. The van der Waals surface area contributed by atoms with Gasteiger partial charge in [-0.3, -0.25) is 4.90 Å². The second kappa shape index (κ2) is 5.17. The van der Waals surface area contributed by atoms with Crippen LogP contribution in [0.4, 0.5) is 0 Å². The first kappa shape index (κ1) is 11.9. The predicted molar refractivity (Wildman–Crippen MR) is 68.9 cm³/mol. The second-order valence-electron chi connectivity index (χ2n) is 4.73. The van der Waals surface area contributed by atoms with Crippen molar-refractivity contribution in [3.63, 3.8) is 0 Å². The quantitative estimate of drug-likeness (QED) is 0.847. The molecular weight excluding hydrogens is 220 g/mol. The fourth-order valence-electron chi connectivity index (χ4n) is 2.95. The minimum atomic E-state index is 0. The molecule has 0 saturated carbocycles. The lowest BCUT2D eigenvalue weighted by Gasteiger charge is -2.22. The molecule has 16 heavy (non-hydrogen) atoms. The molecule has 2 heterocycles. The van der Waals surface area contributed by atoms with E-state index < -0.39 is 0 Å². The summed E-state index contributed by atoms with van der Waals surface area (Å²) in [6.45, 7) is 4.84. The number of rotatable bonds is 2. The Hall–Kier alpha value is -0.570. The molecule has 2 saturated heterocycles. The van der Waals surface area contributed by atoms with Crippen LogP contribution in [0, 0.1) is 5.92 Å². The van der Waals surface area contributed by atoms with Crippen LogP contribution in [0.2, 0.25) is 0 Å². The molecule has 2 fully saturated rings. The van der Waals surface area contributed by atoms with E-state index in [0.717, 1.165) is 18.5 Å². The van der Waals surface area contributed by atoms with Gasteiger partial charge < -0.3 is 5.32 Å². The highest BCUT2D eigenvalue weighted by Crippen LogP contribution is 2.28. The number of hydrogen-bond donors (Lipinski definition) is 1. The van der Waals surface area contributed by atoms with E-state index in [2.05, 4.69) is 40.5 Å². The Balaban J connectivity index is 0.000000963. The molecule has 0 amide bonds.